The summed E-state index contributed by atoms with van der Waals surface area (Å²) in [4.78, 5) is 0. The summed E-state index contributed by atoms with van der Waals surface area (Å²) < 4.78 is 24.7. The molecule has 0 aromatic rings. The van der Waals surface area contributed by atoms with Crippen LogP contribution in [0.3, 0.4) is 0 Å². The summed E-state index contributed by atoms with van der Waals surface area (Å²) in [5.74, 6) is 0. The van der Waals surface area contributed by atoms with Gasteiger partial charge in [-0.15, -0.1) is 0 Å². The van der Waals surface area contributed by atoms with Gasteiger partial charge in [0.15, 0.2) is 0 Å². The van der Waals surface area contributed by atoms with Crippen molar-refractivity contribution >= 4 is 23.2 Å². The summed E-state index contributed by atoms with van der Waals surface area (Å²) in [5, 5.41) is 0. The highest BCUT2D eigenvalue weighted by Crippen LogP contribution is 1.98. The van der Waals surface area contributed by atoms with E-state index in [1.165, 1.54) is 6.26 Å². The first-order valence-electron chi connectivity index (χ1n) is 2.52. The maximum absolute atomic E-state index is 10.1. The van der Waals surface area contributed by atoms with Gasteiger partial charge in [-0.2, -0.15) is 8.78 Å². The lowest BCUT2D eigenvalue weighted by Crippen LogP contribution is -1.54. The fourth-order valence-corrected chi connectivity index (χ4v) is 0. The van der Waals surface area contributed by atoms with Crippen molar-refractivity contribution < 1.29 is 13.5 Å². The Morgan fingerprint density at radius 3 is 1.42 bits per heavy atom. The van der Waals surface area contributed by atoms with Crippen molar-refractivity contribution in [2.24, 2.45) is 0 Å². The molecule has 0 unspecified atom stereocenters. The van der Waals surface area contributed by atoms with Gasteiger partial charge in [0.05, 0.1) is 17.9 Å². The maximum atomic E-state index is 10.1. The van der Waals surface area contributed by atoms with E-state index in [-0.39, 0.29) is 4.49 Å². The van der Waals surface area contributed by atoms with Crippen molar-refractivity contribution in [2.75, 3.05) is 7.11 Å². The van der Waals surface area contributed by atoms with E-state index in [1.54, 1.807) is 7.11 Å². The molecule has 0 aliphatic heterocycles. The van der Waals surface area contributed by atoms with Crippen LogP contribution in [0.5, 0.6) is 0 Å². The molecule has 0 saturated heterocycles. The molecular formula is C7H10Cl2F2O. The topological polar surface area (TPSA) is 9.23 Å². The molecule has 12 heavy (non-hydrogen) atoms. The van der Waals surface area contributed by atoms with E-state index in [1.807, 2.05) is 0 Å². The smallest absolute Gasteiger partial charge is 0.263 e. The molecule has 0 atom stereocenters. The minimum atomic E-state index is -1.83. The summed E-state index contributed by atoms with van der Waals surface area (Å²) in [6.45, 7) is 8.57. The molecule has 0 amide bonds. The van der Waals surface area contributed by atoms with Crippen molar-refractivity contribution in [3.63, 3.8) is 0 Å². The molecule has 72 valence electrons. The SMILES string of the molecule is C=C(Cl)Cl.C=C(F)F.C=COC. The fourth-order valence-electron chi connectivity index (χ4n) is 0. The predicted octanol–water partition coefficient (Wildman–Crippen LogP) is 4.11. The number of hydrogen-bond donors (Lipinski definition) is 0. The third-order valence-corrected chi connectivity index (χ3v) is 0.167. The highest BCUT2D eigenvalue weighted by Gasteiger charge is 1.65. The van der Waals surface area contributed by atoms with Crippen LogP contribution >= 0.6 is 23.2 Å². The normalized spacial score (nSPS) is 6.08. The maximum Gasteiger partial charge on any atom is 0.263 e. The Kier molecular flexibility index (Phi) is 24.6. The first kappa shape index (κ1) is 17.5. The van der Waals surface area contributed by atoms with Gasteiger partial charge in [-0.25, -0.2) is 0 Å². The van der Waals surface area contributed by atoms with Gasteiger partial charge in [-0.1, -0.05) is 36.4 Å². The van der Waals surface area contributed by atoms with Crippen LogP contribution in [0.25, 0.3) is 0 Å². The number of ether oxygens (including phenoxy) is 1. The Morgan fingerprint density at radius 1 is 1.33 bits per heavy atom. The Morgan fingerprint density at radius 2 is 1.42 bits per heavy atom. The van der Waals surface area contributed by atoms with Gasteiger partial charge in [0, 0.05) is 0 Å². The van der Waals surface area contributed by atoms with E-state index in [9.17, 15) is 8.78 Å². The molecule has 0 radical (unpaired) electrons. The quantitative estimate of drug-likeness (QED) is 0.603. The van der Waals surface area contributed by atoms with Crippen LogP contribution in [-0.4, -0.2) is 7.11 Å². The summed E-state index contributed by atoms with van der Waals surface area (Å²) in [6.07, 6.45) is -0.458. The second-order valence-corrected chi connectivity index (χ2v) is 2.19. The zero-order valence-electron chi connectivity index (χ0n) is 6.62. The van der Waals surface area contributed by atoms with Gasteiger partial charge < -0.3 is 4.74 Å². The standard InChI is InChI=1S/C3H6O.C2H2Cl2.C2H2F2/c1-3-4-2;2*1-2(3)4/h3H,1H2,2H3;2*1H2. The molecule has 0 N–H and O–H groups in total. The molecule has 0 rings (SSSR count). The molecule has 0 aliphatic carbocycles. The fraction of sp³-hybridized carbons (Fsp3) is 0.143. The summed E-state index contributed by atoms with van der Waals surface area (Å²) in [6, 6.07) is 0. The summed E-state index contributed by atoms with van der Waals surface area (Å²) >= 11 is 9.69. The molecule has 0 aliphatic rings. The molecule has 0 aromatic carbocycles. The van der Waals surface area contributed by atoms with Crippen molar-refractivity contribution in [1.29, 1.82) is 0 Å². The highest BCUT2D eigenvalue weighted by atomic mass is 35.5. The van der Waals surface area contributed by atoms with Gasteiger partial charge in [0.25, 0.3) is 6.08 Å². The molecule has 1 nitrogen and oxygen atoms in total. The Hall–Kier alpha value is -0.540. The average Bonchev–Trinajstić information content (AvgIpc) is 1.85. The second kappa shape index (κ2) is 16.8. The molecule has 0 saturated carbocycles. The molecule has 5 heteroatoms. The lowest BCUT2D eigenvalue weighted by Gasteiger charge is -1.73. The molecule has 0 bridgehead atoms. The van der Waals surface area contributed by atoms with Crippen molar-refractivity contribution in [3.05, 3.63) is 36.6 Å². The average molecular weight is 219 g/mol. The van der Waals surface area contributed by atoms with Gasteiger partial charge in [-0.05, 0) is 6.58 Å². The van der Waals surface area contributed by atoms with Gasteiger partial charge in [0.2, 0.25) is 0 Å². The second-order valence-electron chi connectivity index (χ2n) is 1.08. The van der Waals surface area contributed by atoms with Gasteiger partial charge in [-0.3, -0.25) is 0 Å². The van der Waals surface area contributed by atoms with E-state index in [0.29, 0.717) is 0 Å². The number of methoxy groups -OCH3 is 1. The van der Waals surface area contributed by atoms with Crippen LogP contribution < -0.4 is 0 Å². The van der Waals surface area contributed by atoms with E-state index < -0.39 is 6.08 Å². The van der Waals surface area contributed by atoms with Crippen LogP contribution in [0.2, 0.25) is 0 Å². The predicted molar refractivity (Wildman–Crippen MR) is 49.4 cm³/mol. The zero-order valence-corrected chi connectivity index (χ0v) is 8.13. The zero-order chi connectivity index (χ0) is 10.6. The Balaban J connectivity index is -0.000000101. The molecule has 0 heterocycles. The molecule has 0 fully saturated rings. The first-order valence-corrected chi connectivity index (χ1v) is 3.27. The minimum absolute atomic E-state index is 0.111. The summed E-state index contributed by atoms with van der Waals surface area (Å²) in [5.41, 5.74) is 0. The number of halogens is 4. The summed E-state index contributed by atoms with van der Waals surface area (Å²) in [7, 11) is 1.56. The van der Waals surface area contributed by atoms with E-state index in [0.717, 1.165) is 0 Å². The van der Waals surface area contributed by atoms with Gasteiger partial charge in [0.1, 0.15) is 0 Å². The van der Waals surface area contributed by atoms with Crippen molar-refractivity contribution in [3.8, 4) is 0 Å². The first-order chi connectivity index (χ1) is 5.38. The van der Waals surface area contributed by atoms with Crippen LogP contribution in [0, 0.1) is 0 Å². The van der Waals surface area contributed by atoms with Crippen molar-refractivity contribution in [1.82, 2.24) is 0 Å². The number of hydrogen-bond acceptors (Lipinski definition) is 1. The molecule has 0 spiro atoms. The molecular weight excluding hydrogens is 209 g/mol. The van der Waals surface area contributed by atoms with Crippen LogP contribution in [-0.2, 0) is 4.74 Å². The lowest BCUT2D eigenvalue weighted by atomic mass is 11.2. The van der Waals surface area contributed by atoms with Crippen LogP contribution in [0.4, 0.5) is 8.78 Å². The highest BCUT2D eigenvalue weighted by molar-refractivity contribution is 6.55. The largest absolute Gasteiger partial charge is 0.505 e. The Labute approximate surface area is 80.9 Å². The monoisotopic (exact) mass is 218 g/mol. The van der Waals surface area contributed by atoms with E-state index >= 15 is 0 Å². The third kappa shape index (κ3) is 3200. The lowest BCUT2D eigenvalue weighted by molar-refractivity contribution is 0.339. The minimum Gasteiger partial charge on any atom is -0.505 e. The third-order valence-electron chi connectivity index (χ3n) is 0.167. The van der Waals surface area contributed by atoms with Crippen LogP contribution in [0.15, 0.2) is 36.6 Å². The number of rotatable bonds is 1. The van der Waals surface area contributed by atoms with Crippen LogP contribution in [0.1, 0.15) is 0 Å². The Bertz CT molecular complexity index is 117. The molecule has 0 aromatic heterocycles. The van der Waals surface area contributed by atoms with Gasteiger partial charge >= 0.3 is 0 Å². The van der Waals surface area contributed by atoms with Crippen molar-refractivity contribution in [2.45, 2.75) is 0 Å². The van der Waals surface area contributed by atoms with E-state index in [4.69, 9.17) is 23.2 Å². The van der Waals surface area contributed by atoms with E-state index in [2.05, 4.69) is 24.5 Å².